The highest BCUT2D eigenvalue weighted by molar-refractivity contribution is 5.99. The van der Waals surface area contributed by atoms with Crippen molar-refractivity contribution < 1.29 is 38.1 Å². The SMILES string of the molecule is C.C.C.C.C.C.C1=C(N2CCCCC2)CCC1.C1=C(N2CCCCC2)CCC1.C1CCNCC1.C1CC[N+](=C2CCCC2=C2CCCC2)CC1.C=C(C)C(=O)OC.CCO.COC(=O)C(C)CC1CCCC1=[N+]1CCCCC1.O=C1CCCC1. The molecule has 492 valence electrons. The number of hydrogen-bond acceptors (Lipinski definition) is 9. The molecule has 0 aromatic heterocycles. The molecular formula is C73H141N5O6+2. The summed E-state index contributed by atoms with van der Waals surface area (Å²) in [5, 5.41) is 10.9. The first-order valence-corrected chi connectivity index (χ1v) is 32.6. The van der Waals surface area contributed by atoms with Crippen molar-refractivity contribution in [2.45, 2.75) is 296 Å². The number of methoxy groups -OCH3 is 2. The van der Waals surface area contributed by atoms with Gasteiger partial charge in [0.15, 0.2) is 11.4 Å². The van der Waals surface area contributed by atoms with E-state index in [4.69, 9.17) is 9.84 Å². The minimum absolute atomic E-state index is 0. The van der Waals surface area contributed by atoms with Crippen molar-refractivity contribution in [3.8, 4) is 0 Å². The minimum Gasteiger partial charge on any atom is -0.469 e. The van der Waals surface area contributed by atoms with E-state index in [-0.39, 0.29) is 69.0 Å². The molecule has 11 nitrogen and oxygen atoms in total. The number of esters is 2. The first-order valence-electron chi connectivity index (χ1n) is 32.6. The van der Waals surface area contributed by atoms with E-state index < -0.39 is 0 Å². The van der Waals surface area contributed by atoms with Gasteiger partial charge in [0.05, 0.1) is 20.1 Å². The number of aliphatic hydroxyl groups excluding tert-OH is 1. The van der Waals surface area contributed by atoms with Gasteiger partial charge in [-0.25, -0.2) is 13.9 Å². The van der Waals surface area contributed by atoms with Crippen LogP contribution >= 0.6 is 0 Å². The van der Waals surface area contributed by atoms with Crippen LogP contribution in [0.2, 0.25) is 0 Å². The third-order valence-electron chi connectivity index (χ3n) is 17.5. The Balaban J connectivity index is -0.000000922. The molecule has 4 saturated carbocycles. The van der Waals surface area contributed by atoms with Crippen molar-refractivity contribution in [3.05, 3.63) is 46.8 Å². The van der Waals surface area contributed by atoms with Gasteiger partial charge >= 0.3 is 11.9 Å². The predicted octanol–water partition coefficient (Wildman–Crippen LogP) is 17.8. The third kappa shape index (κ3) is 33.5. The molecule has 2 N–H and O–H groups in total. The number of carbonyl (C=O) groups excluding carboxylic acids is 3. The summed E-state index contributed by atoms with van der Waals surface area (Å²) in [7, 11) is 2.82. The number of rotatable bonds is 6. The van der Waals surface area contributed by atoms with Crippen molar-refractivity contribution in [3.63, 3.8) is 0 Å². The second-order valence-corrected chi connectivity index (χ2v) is 23.8. The fourth-order valence-corrected chi connectivity index (χ4v) is 13.2. The van der Waals surface area contributed by atoms with Crippen LogP contribution < -0.4 is 5.32 Å². The van der Waals surface area contributed by atoms with Crippen LogP contribution in [0.1, 0.15) is 296 Å². The van der Waals surface area contributed by atoms with Gasteiger partial charge in [0.2, 0.25) is 0 Å². The Kier molecular flexibility index (Phi) is 52.9. The molecule has 11 rings (SSSR count). The number of allylic oxidation sites excluding steroid dienone is 6. The van der Waals surface area contributed by atoms with Gasteiger partial charge in [0.1, 0.15) is 32.0 Å². The standard InChI is InChI=1S/C15H26NO2.C15H24N.2C10H17N.C5H11N.C5H8O2.C5H8O.C2H6O.6CH4/c1-12(15(17)18-2)11-13-7-6-8-14(13)16-9-4-3-5-10-16;1-4-11-16(12-5-1)15-10-6-9-14(15)13-7-2-3-8-13;2*1-4-8-11(9-5-1)10-6-2-3-7-10;1-2-4-6-5-3-1;1-4(2)5(6)7-3;6-5-3-1-2-4-5;1-2-3;;;;;;/h12-13H,3-11H2,1-2H3;1-12H2;2*6H,1-5,7-9H2;6H,1-5H2;1H2,2-3H3;1-4H2;3H,2H2,1H3;6*1H4/q2*+1;;;;;;;;;;;;. The largest absolute Gasteiger partial charge is 0.469 e. The second-order valence-electron chi connectivity index (χ2n) is 23.8. The molecule has 11 aliphatic rings. The van der Waals surface area contributed by atoms with Gasteiger partial charge in [-0.2, -0.15) is 0 Å². The molecule has 5 aliphatic heterocycles. The molecule has 0 spiro atoms. The summed E-state index contributed by atoms with van der Waals surface area (Å²) in [6, 6.07) is 0. The molecule has 5 saturated heterocycles. The average Bonchev–Trinajstić information content (AvgIpc) is 4.49. The quantitative estimate of drug-likeness (QED) is 0.152. The van der Waals surface area contributed by atoms with Crippen LogP contribution in [0.25, 0.3) is 0 Å². The lowest BCUT2D eigenvalue weighted by molar-refractivity contribution is -0.540. The fraction of sp³-hybridized carbons (Fsp3) is 0.822. The van der Waals surface area contributed by atoms with Crippen molar-refractivity contribution in [1.82, 2.24) is 15.1 Å². The van der Waals surface area contributed by atoms with Crippen LogP contribution in [0, 0.1) is 11.8 Å². The Morgan fingerprint density at radius 3 is 1.40 bits per heavy atom. The minimum atomic E-state index is -0.347. The zero-order valence-corrected chi connectivity index (χ0v) is 51.0. The Morgan fingerprint density at radius 1 is 0.583 bits per heavy atom. The van der Waals surface area contributed by atoms with E-state index in [1.54, 1.807) is 42.2 Å². The lowest BCUT2D eigenvalue weighted by Gasteiger charge is -2.29. The molecule has 2 unspecified atom stereocenters. The Morgan fingerprint density at radius 2 is 1.04 bits per heavy atom. The van der Waals surface area contributed by atoms with Gasteiger partial charge in [-0.3, -0.25) is 9.59 Å². The summed E-state index contributed by atoms with van der Waals surface area (Å²) in [6.45, 7) is 21.8. The molecule has 5 heterocycles. The van der Waals surface area contributed by atoms with Crippen molar-refractivity contribution in [1.29, 1.82) is 0 Å². The maximum atomic E-state index is 11.5. The van der Waals surface area contributed by atoms with Crippen molar-refractivity contribution in [2.75, 3.05) is 86.3 Å². The maximum absolute atomic E-state index is 11.5. The van der Waals surface area contributed by atoms with Crippen LogP contribution in [0.5, 0.6) is 0 Å². The van der Waals surface area contributed by atoms with E-state index in [0.29, 0.717) is 17.3 Å². The number of aliphatic hydroxyl groups is 1. The monoisotopic (exact) mass is 1180 g/mol. The number of ether oxygens (including phenoxy) is 2. The molecule has 6 aliphatic carbocycles. The fourth-order valence-electron chi connectivity index (χ4n) is 13.2. The smallest absolute Gasteiger partial charge is 0.332 e. The normalized spacial score (nSPS) is 21.6. The van der Waals surface area contributed by atoms with Gasteiger partial charge in [-0.15, -0.1) is 0 Å². The molecule has 9 fully saturated rings. The molecule has 0 radical (unpaired) electrons. The Hall–Kier alpha value is -3.57. The predicted molar refractivity (Wildman–Crippen MR) is 365 cm³/mol. The number of likely N-dealkylation sites (tertiary alicyclic amines) is 2. The molecule has 11 heteroatoms. The summed E-state index contributed by atoms with van der Waals surface area (Å²) in [6.07, 6.45) is 52.8. The molecule has 84 heavy (non-hydrogen) atoms. The van der Waals surface area contributed by atoms with Gasteiger partial charge in [0, 0.05) is 113 Å². The van der Waals surface area contributed by atoms with Gasteiger partial charge in [0.25, 0.3) is 0 Å². The van der Waals surface area contributed by atoms with E-state index in [1.807, 2.05) is 12.5 Å². The van der Waals surface area contributed by atoms with Crippen LogP contribution in [0.15, 0.2) is 46.8 Å². The van der Waals surface area contributed by atoms with Crippen molar-refractivity contribution >= 4 is 29.1 Å². The van der Waals surface area contributed by atoms with Gasteiger partial charge in [-0.05, 0) is 200 Å². The highest BCUT2D eigenvalue weighted by atomic mass is 16.5. The van der Waals surface area contributed by atoms with Crippen LogP contribution in [0.4, 0.5) is 0 Å². The first kappa shape index (κ1) is 84.6. The summed E-state index contributed by atoms with van der Waals surface area (Å²) in [4.78, 5) is 37.2. The number of hydrogen-bond donors (Lipinski definition) is 2. The third-order valence-corrected chi connectivity index (χ3v) is 17.5. The zero-order valence-electron chi connectivity index (χ0n) is 51.0. The number of carbonyl (C=O) groups is 3. The molecule has 2 atom stereocenters. The first-order chi connectivity index (χ1) is 38.1. The topological polar surface area (TPSA) is 114 Å². The zero-order chi connectivity index (χ0) is 56.0. The Labute approximate surface area is 521 Å². The highest BCUT2D eigenvalue weighted by Crippen LogP contribution is 2.35. The number of ketones is 1. The highest BCUT2D eigenvalue weighted by Gasteiger charge is 2.34. The molecule has 0 amide bonds. The van der Waals surface area contributed by atoms with Gasteiger partial charge in [-0.1, -0.05) is 82.2 Å². The molecule has 0 aromatic carbocycles. The summed E-state index contributed by atoms with van der Waals surface area (Å²) in [5.41, 5.74) is 10.7. The van der Waals surface area contributed by atoms with Gasteiger partial charge < -0.3 is 29.7 Å². The number of Topliss-reactive ketones (excluding diaryl/α,β-unsaturated/α-hetero) is 1. The van der Waals surface area contributed by atoms with E-state index in [9.17, 15) is 14.4 Å². The van der Waals surface area contributed by atoms with Crippen LogP contribution in [0.3, 0.4) is 0 Å². The summed E-state index contributed by atoms with van der Waals surface area (Å²) in [5.74, 6) is 0.713. The maximum Gasteiger partial charge on any atom is 0.332 e. The number of nitrogens with zero attached hydrogens (tertiary/aromatic N) is 4. The molecule has 0 aromatic rings. The summed E-state index contributed by atoms with van der Waals surface area (Å²) < 4.78 is 14.4. The van der Waals surface area contributed by atoms with E-state index in [1.165, 1.54) is 279 Å². The lowest BCUT2D eigenvalue weighted by atomic mass is 9.93. The lowest BCUT2D eigenvalue weighted by Crippen LogP contribution is -2.30. The molecular weight excluding hydrogens is 1040 g/mol. The Bertz CT molecular complexity index is 1820. The summed E-state index contributed by atoms with van der Waals surface area (Å²) >= 11 is 0. The van der Waals surface area contributed by atoms with E-state index >= 15 is 0 Å². The molecule has 0 bridgehead atoms. The average molecular weight is 1180 g/mol. The van der Waals surface area contributed by atoms with E-state index in [0.717, 1.165) is 32.1 Å². The number of nitrogens with one attached hydrogen (secondary N) is 1. The van der Waals surface area contributed by atoms with E-state index in [2.05, 4.69) is 47.7 Å². The van der Waals surface area contributed by atoms with Crippen LogP contribution in [-0.4, -0.2) is 139 Å². The number of piperidine rings is 5. The van der Waals surface area contributed by atoms with Crippen molar-refractivity contribution in [2.24, 2.45) is 11.8 Å². The van der Waals surface area contributed by atoms with Crippen LogP contribution in [-0.2, 0) is 23.9 Å². The second kappa shape index (κ2) is 52.5.